The zero-order valence-electron chi connectivity index (χ0n) is 13.3. The second-order valence-electron chi connectivity index (χ2n) is 5.51. The Labute approximate surface area is 139 Å². The molecular formula is C18H19NO5. The molecule has 2 rings (SSSR count). The largest absolute Gasteiger partial charge is 0.481 e. The van der Waals surface area contributed by atoms with E-state index in [0.29, 0.717) is 12.8 Å². The van der Waals surface area contributed by atoms with Crippen molar-refractivity contribution in [2.24, 2.45) is 0 Å². The molecule has 2 aromatic rings. The van der Waals surface area contributed by atoms with Crippen LogP contribution in [0.25, 0.3) is 0 Å². The van der Waals surface area contributed by atoms with Crippen LogP contribution in [0.1, 0.15) is 46.4 Å². The highest BCUT2D eigenvalue weighted by Gasteiger charge is 2.19. The zero-order chi connectivity index (χ0) is 17.5. The maximum Gasteiger partial charge on any atom is 0.303 e. The molecule has 1 unspecified atom stereocenters. The fourth-order valence-electron chi connectivity index (χ4n) is 2.33. The number of Topliss-reactive ketones (excluding diaryl/α,β-unsaturated/α-hetero) is 1. The Morgan fingerprint density at radius 2 is 1.75 bits per heavy atom. The lowest BCUT2D eigenvalue weighted by Gasteiger charge is -2.17. The smallest absolute Gasteiger partial charge is 0.303 e. The Morgan fingerprint density at radius 1 is 1.08 bits per heavy atom. The van der Waals surface area contributed by atoms with Gasteiger partial charge in [0.25, 0.3) is 5.91 Å². The number of carbonyl (C=O) groups excluding carboxylic acids is 2. The molecule has 1 aromatic heterocycles. The van der Waals surface area contributed by atoms with Crippen LogP contribution in [0.3, 0.4) is 0 Å². The molecule has 0 spiro atoms. The highest BCUT2D eigenvalue weighted by Crippen LogP contribution is 2.12. The summed E-state index contributed by atoms with van der Waals surface area (Å²) in [6, 6.07) is 12.0. The molecule has 1 heterocycles. The van der Waals surface area contributed by atoms with Crippen molar-refractivity contribution in [2.45, 2.75) is 32.2 Å². The molecule has 0 fully saturated rings. The van der Waals surface area contributed by atoms with Crippen molar-refractivity contribution in [1.29, 1.82) is 0 Å². The van der Waals surface area contributed by atoms with Gasteiger partial charge in [-0.25, -0.2) is 0 Å². The first-order valence-electron chi connectivity index (χ1n) is 7.63. The van der Waals surface area contributed by atoms with E-state index >= 15 is 0 Å². The number of aliphatic carboxylic acids is 1. The number of carbonyl (C=O) groups is 3. The van der Waals surface area contributed by atoms with Crippen molar-refractivity contribution in [2.75, 3.05) is 0 Å². The van der Waals surface area contributed by atoms with E-state index in [2.05, 4.69) is 5.32 Å². The van der Waals surface area contributed by atoms with Crippen molar-refractivity contribution >= 4 is 17.7 Å². The van der Waals surface area contributed by atoms with E-state index in [1.165, 1.54) is 19.1 Å². The van der Waals surface area contributed by atoms with Gasteiger partial charge >= 0.3 is 5.97 Å². The van der Waals surface area contributed by atoms with Crippen molar-refractivity contribution in [3.05, 3.63) is 59.5 Å². The van der Waals surface area contributed by atoms with Crippen LogP contribution >= 0.6 is 0 Å². The van der Waals surface area contributed by atoms with Gasteiger partial charge in [0.2, 0.25) is 0 Å². The summed E-state index contributed by atoms with van der Waals surface area (Å²) in [6.45, 7) is 1.35. The maximum absolute atomic E-state index is 12.3. The Balaban J connectivity index is 2.06. The van der Waals surface area contributed by atoms with Gasteiger partial charge in [0.15, 0.2) is 17.3 Å². The van der Waals surface area contributed by atoms with Gasteiger partial charge in [-0.3, -0.25) is 14.4 Å². The minimum absolute atomic E-state index is 0.0357. The lowest BCUT2D eigenvalue weighted by molar-refractivity contribution is -0.137. The molecule has 0 aliphatic rings. The molecule has 1 aromatic carbocycles. The summed E-state index contributed by atoms with van der Waals surface area (Å²) in [5.41, 5.74) is 0.997. The fraction of sp³-hybridized carbons (Fsp3) is 0.278. The summed E-state index contributed by atoms with van der Waals surface area (Å²) in [7, 11) is 0. The van der Waals surface area contributed by atoms with Gasteiger partial charge in [0.1, 0.15) is 0 Å². The SMILES string of the molecule is CC(=O)c1ccc(C(=O)NC(CCC(=O)O)Cc2ccccc2)o1. The third kappa shape index (κ3) is 5.08. The van der Waals surface area contributed by atoms with Gasteiger partial charge in [0, 0.05) is 19.4 Å². The Bertz CT molecular complexity index is 720. The average molecular weight is 329 g/mol. The van der Waals surface area contributed by atoms with Crippen molar-refractivity contribution in [1.82, 2.24) is 5.32 Å². The lowest BCUT2D eigenvalue weighted by Crippen LogP contribution is -2.36. The molecule has 0 aliphatic carbocycles. The third-order valence-electron chi connectivity index (χ3n) is 3.54. The van der Waals surface area contributed by atoms with Gasteiger partial charge in [-0.1, -0.05) is 30.3 Å². The minimum Gasteiger partial charge on any atom is -0.481 e. The number of hydrogen-bond acceptors (Lipinski definition) is 4. The number of ketones is 1. The topological polar surface area (TPSA) is 96.6 Å². The second kappa shape index (κ2) is 8.10. The third-order valence-corrected chi connectivity index (χ3v) is 3.54. The van der Waals surface area contributed by atoms with Crippen LogP contribution in [0.5, 0.6) is 0 Å². The van der Waals surface area contributed by atoms with Gasteiger partial charge in [-0.05, 0) is 30.5 Å². The summed E-state index contributed by atoms with van der Waals surface area (Å²) in [5.74, 6) is -1.49. The van der Waals surface area contributed by atoms with Gasteiger partial charge in [0.05, 0.1) is 0 Å². The standard InChI is InChI=1S/C18H19NO5/c1-12(20)15-8-9-16(24-15)18(23)19-14(7-10-17(21)22)11-13-5-3-2-4-6-13/h2-6,8-9,14H,7,10-11H2,1H3,(H,19,23)(H,21,22). The highest BCUT2D eigenvalue weighted by atomic mass is 16.4. The molecule has 6 heteroatoms. The van der Waals surface area contributed by atoms with E-state index in [-0.39, 0.29) is 29.8 Å². The van der Waals surface area contributed by atoms with Gasteiger partial charge in [-0.2, -0.15) is 0 Å². The maximum atomic E-state index is 12.3. The van der Waals surface area contributed by atoms with Crippen LogP contribution in [-0.2, 0) is 11.2 Å². The Kier molecular flexibility index (Phi) is 5.89. The van der Waals surface area contributed by atoms with Crippen LogP contribution in [-0.4, -0.2) is 28.8 Å². The molecule has 1 amide bonds. The van der Waals surface area contributed by atoms with E-state index in [9.17, 15) is 14.4 Å². The van der Waals surface area contributed by atoms with E-state index < -0.39 is 11.9 Å². The Morgan fingerprint density at radius 3 is 2.33 bits per heavy atom. The molecule has 24 heavy (non-hydrogen) atoms. The molecule has 1 atom stereocenters. The quantitative estimate of drug-likeness (QED) is 0.726. The van der Waals surface area contributed by atoms with Crippen LogP contribution in [0.2, 0.25) is 0 Å². The summed E-state index contributed by atoms with van der Waals surface area (Å²) < 4.78 is 5.21. The molecule has 2 N–H and O–H groups in total. The number of amides is 1. The van der Waals surface area contributed by atoms with Crippen molar-refractivity contribution in [3.8, 4) is 0 Å². The number of rotatable bonds is 8. The van der Waals surface area contributed by atoms with Crippen molar-refractivity contribution < 1.29 is 23.9 Å². The molecule has 0 radical (unpaired) electrons. The minimum atomic E-state index is -0.917. The lowest BCUT2D eigenvalue weighted by atomic mass is 10.0. The first kappa shape index (κ1) is 17.5. The van der Waals surface area contributed by atoms with Crippen LogP contribution in [0, 0.1) is 0 Å². The monoisotopic (exact) mass is 329 g/mol. The average Bonchev–Trinajstić information content (AvgIpc) is 3.04. The number of carboxylic acids is 1. The normalized spacial score (nSPS) is 11.7. The van der Waals surface area contributed by atoms with Crippen LogP contribution in [0.15, 0.2) is 46.9 Å². The van der Waals surface area contributed by atoms with Gasteiger partial charge in [-0.15, -0.1) is 0 Å². The van der Waals surface area contributed by atoms with E-state index in [1.54, 1.807) is 0 Å². The first-order chi connectivity index (χ1) is 11.5. The number of hydrogen-bond donors (Lipinski definition) is 2. The van der Waals surface area contributed by atoms with Crippen LogP contribution in [0.4, 0.5) is 0 Å². The summed E-state index contributed by atoms with van der Waals surface area (Å²) in [4.78, 5) is 34.3. The molecule has 126 valence electrons. The predicted octanol–water partition coefficient (Wildman–Crippen LogP) is 2.69. The fourth-order valence-corrected chi connectivity index (χ4v) is 2.33. The van der Waals surface area contributed by atoms with Gasteiger partial charge < -0.3 is 14.8 Å². The summed E-state index contributed by atoms with van der Waals surface area (Å²) in [6.07, 6.45) is 0.769. The first-order valence-corrected chi connectivity index (χ1v) is 7.63. The Hall–Kier alpha value is -2.89. The molecule has 0 saturated heterocycles. The summed E-state index contributed by atoms with van der Waals surface area (Å²) in [5, 5.41) is 11.7. The second-order valence-corrected chi connectivity index (χ2v) is 5.51. The number of benzene rings is 1. The van der Waals surface area contributed by atoms with Crippen molar-refractivity contribution in [3.63, 3.8) is 0 Å². The van der Waals surface area contributed by atoms with Crippen LogP contribution < -0.4 is 5.32 Å². The summed E-state index contributed by atoms with van der Waals surface area (Å²) >= 11 is 0. The van der Waals surface area contributed by atoms with E-state index in [0.717, 1.165) is 5.56 Å². The number of carboxylic acid groups (broad SMARTS) is 1. The predicted molar refractivity (Wildman–Crippen MR) is 87.0 cm³/mol. The number of nitrogens with one attached hydrogen (secondary N) is 1. The molecular weight excluding hydrogens is 310 g/mol. The highest BCUT2D eigenvalue weighted by molar-refractivity contribution is 5.95. The molecule has 6 nitrogen and oxygen atoms in total. The zero-order valence-corrected chi connectivity index (χ0v) is 13.3. The molecule has 0 bridgehead atoms. The van der Waals surface area contributed by atoms with E-state index in [1.807, 2.05) is 30.3 Å². The molecule has 0 saturated carbocycles. The van der Waals surface area contributed by atoms with E-state index in [4.69, 9.17) is 9.52 Å². The molecule has 0 aliphatic heterocycles. The number of furan rings is 1.